The summed E-state index contributed by atoms with van der Waals surface area (Å²) in [5.41, 5.74) is 2.76. The molecule has 1 fully saturated rings. The van der Waals surface area contributed by atoms with Crippen molar-refractivity contribution in [3.05, 3.63) is 71.7 Å². The van der Waals surface area contributed by atoms with Crippen LogP contribution >= 0.6 is 0 Å². The first-order chi connectivity index (χ1) is 15.1. The number of hydrogen-bond donors (Lipinski definition) is 1. The minimum atomic E-state index is -0.378. The van der Waals surface area contributed by atoms with Crippen LogP contribution in [0, 0.1) is 5.82 Å². The lowest BCUT2D eigenvalue weighted by molar-refractivity contribution is -0.152. The van der Waals surface area contributed by atoms with Crippen molar-refractivity contribution in [2.75, 3.05) is 32.8 Å². The van der Waals surface area contributed by atoms with E-state index >= 15 is 0 Å². The lowest BCUT2D eigenvalue weighted by Gasteiger charge is -2.34. The Hall–Kier alpha value is -3.19. The predicted octanol–water partition coefficient (Wildman–Crippen LogP) is 3.13. The van der Waals surface area contributed by atoms with Gasteiger partial charge in [0.15, 0.2) is 6.61 Å². The van der Waals surface area contributed by atoms with Gasteiger partial charge in [-0.25, -0.2) is 4.39 Å². The Morgan fingerprint density at radius 1 is 0.968 bits per heavy atom. The zero-order valence-corrected chi connectivity index (χ0v) is 17.4. The van der Waals surface area contributed by atoms with E-state index in [9.17, 15) is 14.0 Å². The maximum atomic E-state index is 13.8. The van der Waals surface area contributed by atoms with Crippen LogP contribution in [0.4, 0.5) is 4.39 Å². The molecule has 1 aliphatic heterocycles. The highest BCUT2D eigenvalue weighted by Crippen LogP contribution is 2.19. The lowest BCUT2D eigenvalue weighted by Crippen LogP contribution is -2.49. The molecule has 7 heteroatoms. The number of carbonyl (C=O) groups is 2. The normalized spacial score (nSPS) is 14.7. The number of aryl methyl sites for hydroxylation is 1. The van der Waals surface area contributed by atoms with Gasteiger partial charge >= 0.3 is 5.97 Å². The number of nitrogens with zero attached hydrogens (tertiary/aromatic N) is 2. The summed E-state index contributed by atoms with van der Waals surface area (Å²) in [6.45, 7) is 2.70. The maximum absolute atomic E-state index is 13.8. The first kappa shape index (κ1) is 21.1. The van der Waals surface area contributed by atoms with E-state index in [0.717, 1.165) is 16.5 Å². The third-order valence-electron chi connectivity index (χ3n) is 5.71. The number of carbonyl (C=O) groups excluding carboxylic acids is 2. The first-order valence-electron chi connectivity index (χ1n) is 10.5. The summed E-state index contributed by atoms with van der Waals surface area (Å²) in [5.74, 6) is -0.775. The van der Waals surface area contributed by atoms with Gasteiger partial charge in [-0.15, -0.1) is 0 Å². The molecule has 0 aliphatic carbocycles. The number of aromatic nitrogens is 1. The van der Waals surface area contributed by atoms with Gasteiger partial charge in [-0.3, -0.25) is 14.5 Å². The van der Waals surface area contributed by atoms with Crippen LogP contribution in [0.2, 0.25) is 0 Å². The summed E-state index contributed by atoms with van der Waals surface area (Å²) < 4.78 is 19.0. The molecule has 31 heavy (non-hydrogen) atoms. The molecule has 0 spiro atoms. The molecule has 2 aromatic carbocycles. The Balaban J connectivity index is 1.18. The van der Waals surface area contributed by atoms with Crippen LogP contribution < -0.4 is 0 Å². The van der Waals surface area contributed by atoms with Gasteiger partial charge in [-0.2, -0.15) is 0 Å². The third kappa shape index (κ3) is 5.30. The van der Waals surface area contributed by atoms with E-state index in [0.29, 0.717) is 44.7 Å². The number of rotatable bonds is 7. The average molecular weight is 423 g/mol. The molecule has 1 aromatic heterocycles. The highest BCUT2D eigenvalue weighted by Gasteiger charge is 2.22. The number of hydrogen-bond acceptors (Lipinski definition) is 4. The molecule has 1 amide bonds. The molecule has 0 radical (unpaired) electrons. The molecule has 0 bridgehead atoms. The van der Waals surface area contributed by atoms with Gasteiger partial charge in [0.05, 0.1) is 0 Å². The Kier molecular flexibility index (Phi) is 6.62. The largest absolute Gasteiger partial charge is 0.456 e. The minimum Gasteiger partial charge on any atom is -0.456 e. The summed E-state index contributed by atoms with van der Waals surface area (Å²) >= 11 is 0. The Labute approximate surface area is 180 Å². The van der Waals surface area contributed by atoms with Gasteiger partial charge in [0.1, 0.15) is 5.82 Å². The molecule has 1 aliphatic rings. The Bertz CT molecular complexity index is 1060. The van der Waals surface area contributed by atoms with Crippen LogP contribution in [-0.4, -0.2) is 59.4 Å². The van der Waals surface area contributed by atoms with E-state index in [4.69, 9.17) is 4.74 Å². The van der Waals surface area contributed by atoms with Gasteiger partial charge in [0.25, 0.3) is 5.91 Å². The van der Waals surface area contributed by atoms with Crippen molar-refractivity contribution < 1.29 is 18.7 Å². The summed E-state index contributed by atoms with van der Waals surface area (Å²) in [4.78, 5) is 31.5. The topological polar surface area (TPSA) is 65.6 Å². The monoisotopic (exact) mass is 423 g/mol. The van der Waals surface area contributed by atoms with Crippen molar-refractivity contribution in [3.63, 3.8) is 0 Å². The van der Waals surface area contributed by atoms with E-state index in [2.05, 4.69) is 9.88 Å². The molecular formula is C24H26FN3O3. The fraction of sp³-hybridized carbons (Fsp3) is 0.333. The molecule has 0 unspecified atom stereocenters. The van der Waals surface area contributed by atoms with Crippen LogP contribution in [0.25, 0.3) is 10.9 Å². The Morgan fingerprint density at radius 3 is 2.52 bits per heavy atom. The van der Waals surface area contributed by atoms with Gasteiger partial charge in [0, 0.05) is 61.8 Å². The standard InChI is InChI=1S/C24H26FN3O3/c25-21-7-3-1-5-19(21)16-27-11-13-28(14-12-27)23(29)17-31-24(30)10-9-18-15-26-22-8-4-2-6-20(18)22/h1-8,15,26H,9-14,16-17H2. The number of H-pyrrole nitrogens is 1. The highest BCUT2D eigenvalue weighted by molar-refractivity contribution is 5.84. The van der Waals surface area contributed by atoms with Crippen LogP contribution in [0.3, 0.4) is 0 Å². The number of amides is 1. The van der Waals surface area contributed by atoms with Crippen molar-refractivity contribution in [1.82, 2.24) is 14.8 Å². The molecule has 4 rings (SSSR count). The zero-order valence-electron chi connectivity index (χ0n) is 17.4. The third-order valence-corrected chi connectivity index (χ3v) is 5.71. The van der Waals surface area contributed by atoms with Crippen molar-refractivity contribution >= 4 is 22.8 Å². The van der Waals surface area contributed by atoms with Crippen LogP contribution in [0.5, 0.6) is 0 Å². The van der Waals surface area contributed by atoms with Gasteiger partial charge in [-0.1, -0.05) is 36.4 Å². The number of para-hydroxylation sites is 1. The molecule has 3 aromatic rings. The molecule has 2 heterocycles. The molecule has 162 valence electrons. The van der Waals surface area contributed by atoms with Gasteiger partial charge < -0.3 is 14.6 Å². The number of ether oxygens (including phenoxy) is 1. The van der Waals surface area contributed by atoms with Crippen LogP contribution in [0.15, 0.2) is 54.7 Å². The first-order valence-corrected chi connectivity index (χ1v) is 10.5. The number of esters is 1. The molecule has 1 N–H and O–H groups in total. The summed E-state index contributed by atoms with van der Waals surface area (Å²) in [5, 5.41) is 1.10. The molecule has 6 nitrogen and oxygen atoms in total. The van der Waals surface area contributed by atoms with Crippen molar-refractivity contribution in [3.8, 4) is 0 Å². The quantitative estimate of drug-likeness (QED) is 0.593. The highest BCUT2D eigenvalue weighted by atomic mass is 19.1. The smallest absolute Gasteiger partial charge is 0.306 e. The summed E-state index contributed by atoms with van der Waals surface area (Å²) in [6.07, 6.45) is 2.70. The fourth-order valence-electron chi connectivity index (χ4n) is 3.90. The molecular weight excluding hydrogens is 397 g/mol. The minimum absolute atomic E-state index is 0.189. The van der Waals surface area contributed by atoms with Crippen LogP contribution in [-0.2, 0) is 27.3 Å². The summed E-state index contributed by atoms with van der Waals surface area (Å²) in [7, 11) is 0. The van der Waals surface area contributed by atoms with Crippen molar-refractivity contribution in [1.29, 1.82) is 0 Å². The number of aromatic amines is 1. The second-order valence-electron chi connectivity index (χ2n) is 7.77. The van der Waals surface area contributed by atoms with Crippen LogP contribution in [0.1, 0.15) is 17.5 Å². The number of piperazine rings is 1. The summed E-state index contributed by atoms with van der Waals surface area (Å²) in [6, 6.07) is 14.7. The number of benzene rings is 2. The van der Waals surface area contributed by atoms with Crippen molar-refractivity contribution in [2.45, 2.75) is 19.4 Å². The lowest BCUT2D eigenvalue weighted by atomic mass is 10.1. The molecule has 0 saturated carbocycles. The van der Waals surface area contributed by atoms with E-state index in [1.165, 1.54) is 6.07 Å². The second kappa shape index (κ2) is 9.75. The second-order valence-corrected chi connectivity index (χ2v) is 7.77. The number of nitrogens with one attached hydrogen (secondary N) is 1. The van der Waals surface area contributed by atoms with E-state index in [1.807, 2.05) is 36.5 Å². The van der Waals surface area contributed by atoms with E-state index in [1.54, 1.807) is 17.0 Å². The van der Waals surface area contributed by atoms with Crippen molar-refractivity contribution in [2.24, 2.45) is 0 Å². The van der Waals surface area contributed by atoms with E-state index in [-0.39, 0.29) is 30.7 Å². The maximum Gasteiger partial charge on any atom is 0.306 e. The Morgan fingerprint density at radius 2 is 1.71 bits per heavy atom. The molecule has 0 atom stereocenters. The number of fused-ring (bicyclic) bond motifs is 1. The van der Waals surface area contributed by atoms with Gasteiger partial charge in [-0.05, 0) is 24.1 Å². The number of halogens is 1. The van der Waals surface area contributed by atoms with E-state index < -0.39 is 0 Å². The predicted molar refractivity (Wildman–Crippen MR) is 116 cm³/mol. The van der Waals surface area contributed by atoms with Gasteiger partial charge in [0.2, 0.25) is 0 Å². The molecule has 1 saturated heterocycles. The fourth-order valence-corrected chi connectivity index (χ4v) is 3.90. The zero-order chi connectivity index (χ0) is 21.6. The average Bonchev–Trinajstić information content (AvgIpc) is 3.21. The SMILES string of the molecule is O=C(CCc1c[nH]c2ccccc12)OCC(=O)N1CCN(Cc2ccccc2F)CC1.